The number of thioether (sulfide) groups is 1. The Morgan fingerprint density at radius 2 is 2.33 bits per heavy atom. The second-order valence-corrected chi connectivity index (χ2v) is 5.11. The molecule has 1 aliphatic rings. The summed E-state index contributed by atoms with van der Waals surface area (Å²) in [7, 11) is 1.71. The van der Waals surface area contributed by atoms with Crippen LogP contribution >= 0.6 is 11.8 Å². The van der Waals surface area contributed by atoms with Gasteiger partial charge in [-0.1, -0.05) is 23.8 Å². The minimum Gasteiger partial charge on any atom is -0.287 e. The third kappa shape index (κ3) is 2.65. The molecule has 1 aromatic rings. The highest BCUT2D eigenvalue weighted by Gasteiger charge is 2.15. The molecule has 4 nitrogen and oxygen atoms in total. The van der Waals surface area contributed by atoms with E-state index in [4.69, 9.17) is 6.42 Å². The largest absolute Gasteiger partial charge is 0.287 e. The Balaban J connectivity index is 2.35. The standard InChI is InChI=1S/C13H15N3OS/c1-3-9-18-13-15-14-11(12(17)16(13)2)10-7-5-4-6-8-10/h1,7H,4-6,8-9H2,2H3. The third-order valence-electron chi connectivity index (χ3n) is 2.91. The van der Waals surface area contributed by atoms with Crippen LogP contribution in [0.2, 0.25) is 0 Å². The monoisotopic (exact) mass is 261 g/mol. The van der Waals surface area contributed by atoms with Gasteiger partial charge in [0.1, 0.15) is 0 Å². The van der Waals surface area contributed by atoms with E-state index in [-0.39, 0.29) is 5.56 Å². The van der Waals surface area contributed by atoms with Crippen molar-refractivity contribution in [3.63, 3.8) is 0 Å². The first-order valence-corrected chi connectivity index (χ1v) is 6.92. The zero-order valence-corrected chi connectivity index (χ0v) is 11.2. The maximum absolute atomic E-state index is 12.2. The molecular formula is C13H15N3OS. The van der Waals surface area contributed by atoms with E-state index in [0.717, 1.165) is 24.8 Å². The van der Waals surface area contributed by atoms with Gasteiger partial charge in [0.05, 0.1) is 5.75 Å². The molecule has 0 N–H and O–H groups in total. The molecule has 0 aromatic carbocycles. The van der Waals surface area contributed by atoms with E-state index in [1.165, 1.54) is 22.7 Å². The van der Waals surface area contributed by atoms with Gasteiger partial charge >= 0.3 is 0 Å². The van der Waals surface area contributed by atoms with Gasteiger partial charge in [-0.15, -0.1) is 16.6 Å². The van der Waals surface area contributed by atoms with Crippen molar-refractivity contribution in [1.82, 2.24) is 14.8 Å². The number of allylic oxidation sites excluding steroid dienone is 2. The van der Waals surface area contributed by atoms with Crippen molar-refractivity contribution in [3.8, 4) is 12.3 Å². The SMILES string of the molecule is C#CCSc1nnc(C2=CCCCC2)c(=O)n1C. The summed E-state index contributed by atoms with van der Waals surface area (Å²) < 4.78 is 1.53. The highest BCUT2D eigenvalue weighted by molar-refractivity contribution is 7.99. The molecule has 5 heteroatoms. The fourth-order valence-electron chi connectivity index (χ4n) is 1.94. The van der Waals surface area contributed by atoms with Gasteiger partial charge in [-0.3, -0.25) is 9.36 Å². The zero-order chi connectivity index (χ0) is 13.0. The molecule has 0 unspecified atom stereocenters. The van der Waals surface area contributed by atoms with Crippen LogP contribution in [0.1, 0.15) is 31.4 Å². The summed E-state index contributed by atoms with van der Waals surface area (Å²) in [6, 6.07) is 0. The minimum atomic E-state index is -0.0855. The summed E-state index contributed by atoms with van der Waals surface area (Å²) in [5, 5.41) is 8.73. The quantitative estimate of drug-likeness (QED) is 0.615. The second-order valence-electron chi connectivity index (χ2n) is 4.16. The summed E-state index contributed by atoms with van der Waals surface area (Å²) in [6.45, 7) is 0. The number of aromatic nitrogens is 3. The number of hydrogen-bond donors (Lipinski definition) is 0. The summed E-state index contributed by atoms with van der Waals surface area (Å²) in [6.07, 6.45) is 11.5. The highest BCUT2D eigenvalue weighted by Crippen LogP contribution is 2.23. The summed E-state index contributed by atoms with van der Waals surface area (Å²) in [4.78, 5) is 12.2. The lowest BCUT2D eigenvalue weighted by molar-refractivity contribution is 0.649. The first-order valence-electron chi connectivity index (χ1n) is 5.93. The van der Waals surface area contributed by atoms with E-state index >= 15 is 0 Å². The molecule has 2 rings (SSSR count). The first-order chi connectivity index (χ1) is 8.74. The van der Waals surface area contributed by atoms with Crippen molar-refractivity contribution >= 4 is 17.3 Å². The molecule has 0 aliphatic heterocycles. The molecule has 0 saturated carbocycles. The molecule has 1 heterocycles. The fraction of sp³-hybridized carbons (Fsp3) is 0.462. The molecule has 18 heavy (non-hydrogen) atoms. The van der Waals surface area contributed by atoms with E-state index in [1.54, 1.807) is 7.05 Å². The van der Waals surface area contributed by atoms with E-state index in [9.17, 15) is 4.79 Å². The molecule has 0 atom stereocenters. The Kier molecular flexibility index (Phi) is 4.21. The Labute approximate surface area is 111 Å². The van der Waals surface area contributed by atoms with Crippen LogP contribution in [-0.4, -0.2) is 20.5 Å². The molecule has 0 spiro atoms. The summed E-state index contributed by atoms with van der Waals surface area (Å²) in [5.41, 5.74) is 1.43. The number of nitrogens with zero attached hydrogens (tertiary/aromatic N) is 3. The Hall–Kier alpha value is -1.54. The highest BCUT2D eigenvalue weighted by atomic mass is 32.2. The summed E-state index contributed by atoms with van der Waals surface area (Å²) in [5.74, 6) is 3.00. The lowest BCUT2D eigenvalue weighted by Gasteiger charge is -2.12. The van der Waals surface area contributed by atoms with Crippen molar-refractivity contribution in [2.45, 2.75) is 30.8 Å². The minimum absolute atomic E-state index is 0.0855. The smallest absolute Gasteiger partial charge is 0.280 e. The Morgan fingerprint density at radius 1 is 1.50 bits per heavy atom. The number of rotatable bonds is 3. The van der Waals surface area contributed by atoms with Crippen molar-refractivity contribution in [3.05, 3.63) is 22.1 Å². The van der Waals surface area contributed by atoms with Gasteiger partial charge in [0.2, 0.25) is 0 Å². The summed E-state index contributed by atoms with van der Waals surface area (Å²) >= 11 is 1.35. The second kappa shape index (κ2) is 5.87. The molecular weight excluding hydrogens is 246 g/mol. The number of terminal acetylenes is 1. The van der Waals surface area contributed by atoms with Crippen molar-refractivity contribution in [1.29, 1.82) is 0 Å². The number of hydrogen-bond acceptors (Lipinski definition) is 4. The van der Waals surface area contributed by atoms with Crippen LogP contribution in [0, 0.1) is 12.3 Å². The lowest BCUT2D eigenvalue weighted by atomic mass is 9.97. The lowest BCUT2D eigenvalue weighted by Crippen LogP contribution is -2.25. The first kappa shape index (κ1) is 12.9. The van der Waals surface area contributed by atoms with E-state index in [2.05, 4.69) is 22.2 Å². The van der Waals surface area contributed by atoms with Crippen molar-refractivity contribution in [2.75, 3.05) is 5.75 Å². The average Bonchev–Trinajstić information content (AvgIpc) is 2.41. The average molecular weight is 261 g/mol. The fourth-order valence-corrected chi connectivity index (χ4v) is 2.52. The molecule has 0 amide bonds. The molecule has 1 aromatic heterocycles. The maximum Gasteiger partial charge on any atom is 0.280 e. The van der Waals surface area contributed by atoms with Gasteiger partial charge < -0.3 is 0 Å². The van der Waals surface area contributed by atoms with E-state index < -0.39 is 0 Å². The van der Waals surface area contributed by atoms with Crippen LogP contribution in [0.3, 0.4) is 0 Å². The van der Waals surface area contributed by atoms with E-state index in [0.29, 0.717) is 16.6 Å². The van der Waals surface area contributed by atoms with Crippen molar-refractivity contribution in [2.24, 2.45) is 7.05 Å². The Bertz CT molecular complexity index is 569. The maximum atomic E-state index is 12.2. The Morgan fingerprint density at radius 3 is 3.00 bits per heavy atom. The van der Waals surface area contributed by atoms with Crippen LogP contribution in [0.5, 0.6) is 0 Å². The van der Waals surface area contributed by atoms with Crippen LogP contribution in [0.15, 0.2) is 16.0 Å². The molecule has 0 radical (unpaired) electrons. The van der Waals surface area contributed by atoms with Gasteiger partial charge in [-0.05, 0) is 31.3 Å². The van der Waals surface area contributed by atoms with Crippen molar-refractivity contribution < 1.29 is 0 Å². The van der Waals surface area contributed by atoms with Crippen LogP contribution in [0.4, 0.5) is 0 Å². The molecule has 0 bridgehead atoms. The molecule has 94 valence electrons. The predicted molar refractivity (Wildman–Crippen MR) is 73.3 cm³/mol. The molecule has 0 fully saturated rings. The van der Waals surface area contributed by atoms with Crippen LogP contribution in [0.25, 0.3) is 5.57 Å². The van der Waals surface area contributed by atoms with E-state index in [1.807, 2.05) is 0 Å². The van der Waals surface area contributed by atoms with Gasteiger partial charge in [0.25, 0.3) is 5.56 Å². The van der Waals surface area contributed by atoms with Gasteiger partial charge in [-0.25, -0.2) is 0 Å². The van der Waals surface area contributed by atoms with Gasteiger partial charge in [0.15, 0.2) is 10.9 Å². The van der Waals surface area contributed by atoms with Gasteiger partial charge in [0, 0.05) is 7.05 Å². The van der Waals surface area contributed by atoms with Gasteiger partial charge in [-0.2, -0.15) is 0 Å². The normalized spacial score (nSPS) is 15.0. The predicted octanol–water partition coefficient (Wildman–Crippen LogP) is 1.86. The van der Waals surface area contributed by atoms with Crippen LogP contribution in [-0.2, 0) is 7.05 Å². The third-order valence-corrected chi connectivity index (χ3v) is 3.83. The molecule has 0 saturated heterocycles. The molecule has 1 aliphatic carbocycles. The van der Waals surface area contributed by atoms with Crippen LogP contribution < -0.4 is 5.56 Å². The zero-order valence-electron chi connectivity index (χ0n) is 10.3. The topological polar surface area (TPSA) is 47.8 Å².